The van der Waals surface area contributed by atoms with Crippen LogP contribution in [-0.4, -0.2) is 0 Å². The van der Waals surface area contributed by atoms with Gasteiger partial charge in [0, 0.05) is 0 Å². The molecule has 14 aromatic rings. The third-order valence-electron chi connectivity index (χ3n) is 16.8. The maximum Gasteiger partial charge on any atom is 0.0725 e. The highest BCUT2D eigenvalue weighted by atomic mass is 14.5. The Balaban J connectivity index is 0.995. The molecule has 0 heteroatoms. The third kappa shape index (κ3) is 6.18. The largest absolute Gasteiger partial charge is 0.0725 e. The van der Waals surface area contributed by atoms with Gasteiger partial charge in [-0.15, -0.1) is 0 Å². The highest BCUT2D eigenvalue weighted by molar-refractivity contribution is 6.23. The fourth-order valence-electron chi connectivity index (χ4n) is 13.5. The molecule has 346 valence electrons. The predicted octanol–water partition coefficient (Wildman–Crippen LogP) is 20.1. The molecule has 0 saturated heterocycles. The van der Waals surface area contributed by atoms with E-state index in [9.17, 15) is 0 Å². The molecule has 2 aliphatic carbocycles. The molecule has 0 nitrogen and oxygen atoms in total. The standard InChI is InChI=1S/C75H46/c1-2-18-49(19-3-1)65-42-52-22-8-9-23-53(52)43-66(65)56-36-38-60-59-37-34-54(55-35-39-64-63-26-12-15-29-71(63)75(72(64)46-55)69-27-13-10-24-61(69)62-25-11-14-28-70(62)75)44-67(59)73(57-32-30-47-16-4-6-20-50(47)40-57)74(68(60)45-56)58-33-31-48-17-5-7-21-51(48)41-58/h1-46H. The maximum atomic E-state index is 2.52. The fraction of sp³-hybridized carbons (Fsp3) is 0.0133. The fourth-order valence-corrected chi connectivity index (χ4v) is 13.5. The molecular formula is C75H46. The Labute approximate surface area is 436 Å². The van der Waals surface area contributed by atoms with Gasteiger partial charge in [-0.2, -0.15) is 0 Å². The second-order valence-electron chi connectivity index (χ2n) is 20.7. The lowest BCUT2D eigenvalue weighted by Gasteiger charge is -2.30. The Morgan fingerprint density at radius 1 is 0.173 bits per heavy atom. The zero-order chi connectivity index (χ0) is 49.2. The van der Waals surface area contributed by atoms with Gasteiger partial charge in [0.2, 0.25) is 0 Å². The number of rotatable bonds is 5. The van der Waals surface area contributed by atoms with Gasteiger partial charge in [0.05, 0.1) is 5.41 Å². The van der Waals surface area contributed by atoms with Crippen LogP contribution in [-0.2, 0) is 5.41 Å². The summed E-state index contributed by atoms with van der Waals surface area (Å²) in [5.74, 6) is 0. The number of fused-ring (bicyclic) bond motifs is 16. The molecule has 16 rings (SSSR count). The van der Waals surface area contributed by atoms with E-state index in [0.29, 0.717) is 0 Å². The summed E-state index contributed by atoms with van der Waals surface area (Å²) in [4.78, 5) is 0. The van der Waals surface area contributed by atoms with E-state index in [4.69, 9.17) is 0 Å². The monoisotopic (exact) mass is 946 g/mol. The molecule has 0 bridgehead atoms. The number of hydrogen-bond donors (Lipinski definition) is 0. The molecule has 14 aromatic carbocycles. The summed E-state index contributed by atoms with van der Waals surface area (Å²) in [6.07, 6.45) is 0. The Morgan fingerprint density at radius 3 is 1.08 bits per heavy atom. The van der Waals surface area contributed by atoms with Crippen molar-refractivity contribution in [1.82, 2.24) is 0 Å². The molecule has 0 unspecified atom stereocenters. The molecule has 0 N–H and O–H groups in total. The molecule has 2 aliphatic rings. The van der Waals surface area contributed by atoms with E-state index in [-0.39, 0.29) is 0 Å². The maximum absolute atomic E-state index is 2.52. The van der Waals surface area contributed by atoms with Crippen LogP contribution >= 0.6 is 0 Å². The average molecular weight is 947 g/mol. The zero-order valence-electron chi connectivity index (χ0n) is 41.1. The van der Waals surface area contributed by atoms with Gasteiger partial charge in [-0.05, 0) is 196 Å². The van der Waals surface area contributed by atoms with Crippen LogP contribution in [0.3, 0.4) is 0 Å². The van der Waals surface area contributed by atoms with Crippen molar-refractivity contribution in [2.24, 2.45) is 0 Å². The van der Waals surface area contributed by atoms with E-state index < -0.39 is 5.41 Å². The first-order valence-electron chi connectivity index (χ1n) is 26.2. The van der Waals surface area contributed by atoms with Gasteiger partial charge in [-0.25, -0.2) is 0 Å². The number of hydrogen-bond acceptors (Lipinski definition) is 0. The first-order valence-corrected chi connectivity index (χ1v) is 26.2. The topological polar surface area (TPSA) is 0 Å². The smallest absolute Gasteiger partial charge is 0.0622 e. The van der Waals surface area contributed by atoms with Gasteiger partial charge >= 0.3 is 0 Å². The van der Waals surface area contributed by atoms with E-state index >= 15 is 0 Å². The molecule has 0 fully saturated rings. The molecule has 75 heavy (non-hydrogen) atoms. The minimum absolute atomic E-state index is 0.426. The van der Waals surface area contributed by atoms with Crippen LogP contribution in [0.1, 0.15) is 22.3 Å². The second-order valence-corrected chi connectivity index (χ2v) is 20.7. The van der Waals surface area contributed by atoms with Gasteiger partial charge in [0.25, 0.3) is 0 Å². The van der Waals surface area contributed by atoms with Crippen LogP contribution in [0.15, 0.2) is 279 Å². The minimum Gasteiger partial charge on any atom is -0.0622 e. The summed E-state index contributed by atoms with van der Waals surface area (Å²) >= 11 is 0. The van der Waals surface area contributed by atoms with Crippen LogP contribution in [0.2, 0.25) is 0 Å². The Hall–Kier alpha value is -9.62. The van der Waals surface area contributed by atoms with E-state index in [0.717, 1.165) is 0 Å². The van der Waals surface area contributed by atoms with Crippen molar-refractivity contribution >= 4 is 53.9 Å². The Morgan fingerprint density at radius 2 is 0.547 bits per heavy atom. The van der Waals surface area contributed by atoms with Gasteiger partial charge in [0.1, 0.15) is 0 Å². The van der Waals surface area contributed by atoms with Crippen molar-refractivity contribution in [2.75, 3.05) is 0 Å². The van der Waals surface area contributed by atoms with Crippen molar-refractivity contribution in [1.29, 1.82) is 0 Å². The minimum atomic E-state index is -0.426. The van der Waals surface area contributed by atoms with Crippen molar-refractivity contribution in [3.63, 3.8) is 0 Å². The predicted molar refractivity (Wildman–Crippen MR) is 317 cm³/mol. The highest BCUT2D eigenvalue weighted by Gasteiger charge is 2.51. The van der Waals surface area contributed by atoms with E-state index in [1.54, 1.807) is 0 Å². The van der Waals surface area contributed by atoms with Crippen LogP contribution in [0.5, 0.6) is 0 Å². The lowest BCUT2D eigenvalue weighted by atomic mass is 9.70. The van der Waals surface area contributed by atoms with Gasteiger partial charge in [-0.3, -0.25) is 0 Å². The molecule has 0 radical (unpaired) electrons. The molecule has 0 amide bonds. The van der Waals surface area contributed by atoms with Crippen LogP contribution in [0.4, 0.5) is 0 Å². The lowest BCUT2D eigenvalue weighted by molar-refractivity contribution is 0.794. The molecular weight excluding hydrogens is 901 g/mol. The van der Waals surface area contributed by atoms with Crippen molar-refractivity contribution in [3.8, 4) is 77.9 Å². The molecule has 0 heterocycles. The van der Waals surface area contributed by atoms with Gasteiger partial charge in [0.15, 0.2) is 0 Å². The average Bonchev–Trinajstić information content (AvgIpc) is 4.14. The van der Waals surface area contributed by atoms with Crippen molar-refractivity contribution in [2.45, 2.75) is 5.41 Å². The number of benzene rings is 14. The summed E-state index contributed by atoms with van der Waals surface area (Å²) in [6, 6.07) is 105. The van der Waals surface area contributed by atoms with E-state index in [1.165, 1.54) is 154 Å². The normalized spacial score (nSPS) is 12.9. The molecule has 0 atom stereocenters. The molecule has 1 spiro atoms. The summed E-state index contributed by atoms with van der Waals surface area (Å²) in [6.45, 7) is 0. The summed E-state index contributed by atoms with van der Waals surface area (Å²) in [5.41, 5.74) is 22.4. The first kappa shape index (κ1) is 41.9. The first-order chi connectivity index (χ1) is 37.2. The van der Waals surface area contributed by atoms with Crippen molar-refractivity contribution in [3.05, 3.63) is 301 Å². The van der Waals surface area contributed by atoms with Gasteiger partial charge in [-0.1, -0.05) is 237 Å². The Bertz CT molecular complexity index is 4640. The third-order valence-corrected chi connectivity index (χ3v) is 16.8. The molecule has 0 saturated carbocycles. The zero-order valence-corrected chi connectivity index (χ0v) is 41.1. The van der Waals surface area contributed by atoms with Crippen molar-refractivity contribution < 1.29 is 0 Å². The summed E-state index contributed by atoms with van der Waals surface area (Å²) in [5, 5.41) is 12.3. The SMILES string of the molecule is c1ccc(-c2cc3ccccc3cc2-c2ccc3c(c2)c(-c2ccc4ccccc4c2)c(-c2ccc4ccccc4c2)c2cc(-c4ccc5c(c4)C4(c6ccccc6-c6ccccc64)c4ccccc4-5)ccc23)cc1. The lowest BCUT2D eigenvalue weighted by Crippen LogP contribution is -2.25. The summed E-state index contributed by atoms with van der Waals surface area (Å²) in [7, 11) is 0. The quantitative estimate of drug-likeness (QED) is 0.151. The summed E-state index contributed by atoms with van der Waals surface area (Å²) < 4.78 is 0. The van der Waals surface area contributed by atoms with Gasteiger partial charge < -0.3 is 0 Å². The van der Waals surface area contributed by atoms with Crippen LogP contribution < -0.4 is 0 Å². The van der Waals surface area contributed by atoms with Crippen LogP contribution in [0, 0.1) is 0 Å². The second kappa shape index (κ2) is 16.2. The highest BCUT2D eigenvalue weighted by Crippen LogP contribution is 2.63. The van der Waals surface area contributed by atoms with E-state index in [1.807, 2.05) is 0 Å². The van der Waals surface area contributed by atoms with Crippen LogP contribution in [0.25, 0.3) is 132 Å². The molecule has 0 aromatic heterocycles. The van der Waals surface area contributed by atoms with E-state index in [2.05, 4.69) is 279 Å². The molecule has 0 aliphatic heterocycles. The Kier molecular flexibility index (Phi) is 9.05.